The number of rotatable bonds is 3. The van der Waals surface area contributed by atoms with Crippen LogP contribution in [0.2, 0.25) is 0 Å². The van der Waals surface area contributed by atoms with Gasteiger partial charge in [-0.15, -0.1) is 0 Å². The summed E-state index contributed by atoms with van der Waals surface area (Å²) in [6, 6.07) is 7.45. The molecule has 0 unspecified atom stereocenters. The van der Waals surface area contributed by atoms with E-state index < -0.39 is 5.60 Å². The Morgan fingerprint density at radius 3 is 2.68 bits per heavy atom. The summed E-state index contributed by atoms with van der Waals surface area (Å²) in [5.74, 6) is 0.359. The van der Waals surface area contributed by atoms with Crippen molar-refractivity contribution < 1.29 is 14.6 Å². The minimum absolute atomic E-state index is 0.0245. The molecule has 3 N–H and O–H groups in total. The number of nitrogen functional groups attached to an aromatic ring is 1. The molecule has 1 fully saturated rings. The second kappa shape index (κ2) is 8.14. The molecule has 2 aromatic heterocycles. The Morgan fingerprint density at radius 1 is 1.26 bits per heavy atom. The highest BCUT2D eigenvalue weighted by atomic mass is 16.6. The number of nitrogens with zero attached hydrogens (tertiary/aromatic N) is 5. The van der Waals surface area contributed by atoms with E-state index in [0.29, 0.717) is 35.6 Å². The maximum absolute atomic E-state index is 12.6. The molecule has 1 atom stereocenters. The quantitative estimate of drug-likeness (QED) is 0.663. The van der Waals surface area contributed by atoms with Crippen LogP contribution in [0, 0.1) is 0 Å². The SMILES string of the molecule is CC(C)(C)OC(=O)N1CCC[C@@H](n2nc(-c3ccc(CO)cc3)c3c(N)ncnc32)C1. The maximum Gasteiger partial charge on any atom is 0.410 e. The Balaban J connectivity index is 1.71. The molecule has 1 amide bonds. The molecule has 0 spiro atoms. The van der Waals surface area contributed by atoms with Gasteiger partial charge in [0.25, 0.3) is 0 Å². The maximum atomic E-state index is 12.6. The van der Waals surface area contributed by atoms with E-state index in [2.05, 4.69) is 9.97 Å². The number of aliphatic hydroxyl groups excluding tert-OH is 1. The van der Waals surface area contributed by atoms with Gasteiger partial charge in [-0.05, 0) is 39.2 Å². The van der Waals surface area contributed by atoms with Crippen molar-refractivity contribution in [1.82, 2.24) is 24.6 Å². The summed E-state index contributed by atoms with van der Waals surface area (Å²) in [5.41, 5.74) is 8.68. The van der Waals surface area contributed by atoms with Crippen LogP contribution in [0.15, 0.2) is 30.6 Å². The summed E-state index contributed by atoms with van der Waals surface area (Å²) in [4.78, 5) is 23.0. The van der Waals surface area contributed by atoms with Crippen molar-refractivity contribution in [2.45, 2.75) is 51.9 Å². The molecule has 3 aromatic rings. The zero-order chi connectivity index (χ0) is 22.2. The standard InChI is InChI=1S/C22H28N6O3/c1-22(2,3)31-21(30)27-10-4-5-16(11-27)28-20-17(19(23)24-13-25-20)18(26-28)15-8-6-14(12-29)7-9-15/h6-9,13,16,29H,4-5,10-12H2,1-3H3,(H2,23,24,25)/t16-/m1/s1. The van der Waals surface area contributed by atoms with Gasteiger partial charge < -0.3 is 20.5 Å². The Labute approximate surface area is 180 Å². The number of anilines is 1. The number of amides is 1. The number of piperidine rings is 1. The first-order chi connectivity index (χ1) is 14.8. The Hall–Kier alpha value is -3.20. The molecule has 1 saturated heterocycles. The predicted octanol–water partition coefficient (Wildman–Crippen LogP) is 3.14. The van der Waals surface area contributed by atoms with Crippen molar-refractivity contribution in [3.63, 3.8) is 0 Å². The number of carbonyl (C=O) groups is 1. The summed E-state index contributed by atoms with van der Waals surface area (Å²) in [6.45, 7) is 6.70. The number of fused-ring (bicyclic) bond motifs is 1. The van der Waals surface area contributed by atoms with Gasteiger partial charge in [0.1, 0.15) is 23.4 Å². The van der Waals surface area contributed by atoms with Gasteiger partial charge in [0, 0.05) is 18.7 Å². The molecule has 4 rings (SSSR count). The van der Waals surface area contributed by atoms with Gasteiger partial charge in [-0.25, -0.2) is 19.4 Å². The number of aliphatic hydroxyl groups is 1. The van der Waals surface area contributed by atoms with Gasteiger partial charge in [0.05, 0.1) is 18.0 Å². The van der Waals surface area contributed by atoms with Gasteiger partial charge in [-0.2, -0.15) is 5.10 Å². The van der Waals surface area contributed by atoms with Crippen LogP contribution in [0.1, 0.15) is 45.2 Å². The van der Waals surface area contributed by atoms with Crippen LogP contribution in [0.4, 0.5) is 10.6 Å². The van der Waals surface area contributed by atoms with Crippen LogP contribution >= 0.6 is 0 Å². The first-order valence-corrected chi connectivity index (χ1v) is 10.4. The van der Waals surface area contributed by atoms with Crippen LogP contribution in [-0.4, -0.2) is 54.5 Å². The van der Waals surface area contributed by atoms with Crippen LogP contribution in [0.3, 0.4) is 0 Å². The highest BCUT2D eigenvalue weighted by Crippen LogP contribution is 2.34. The highest BCUT2D eigenvalue weighted by molar-refractivity contribution is 5.98. The molecule has 1 aromatic carbocycles. The minimum atomic E-state index is -0.544. The second-order valence-corrected chi connectivity index (χ2v) is 8.83. The lowest BCUT2D eigenvalue weighted by Crippen LogP contribution is -2.43. The van der Waals surface area contributed by atoms with E-state index >= 15 is 0 Å². The zero-order valence-electron chi connectivity index (χ0n) is 18.1. The molecule has 0 saturated carbocycles. The third kappa shape index (κ3) is 4.32. The average Bonchev–Trinajstić information content (AvgIpc) is 3.14. The number of ether oxygens (including phenoxy) is 1. The first-order valence-electron chi connectivity index (χ1n) is 10.4. The topological polar surface area (TPSA) is 119 Å². The van der Waals surface area contributed by atoms with Crippen molar-refractivity contribution >= 4 is 22.9 Å². The van der Waals surface area contributed by atoms with Crippen molar-refractivity contribution in [1.29, 1.82) is 0 Å². The molecule has 9 heteroatoms. The van der Waals surface area contributed by atoms with Crippen LogP contribution in [0.25, 0.3) is 22.3 Å². The van der Waals surface area contributed by atoms with E-state index in [1.165, 1.54) is 6.33 Å². The van der Waals surface area contributed by atoms with Crippen LogP contribution < -0.4 is 5.73 Å². The molecule has 0 aliphatic carbocycles. The van der Waals surface area contributed by atoms with E-state index in [9.17, 15) is 9.90 Å². The van der Waals surface area contributed by atoms with Gasteiger partial charge in [-0.1, -0.05) is 24.3 Å². The summed E-state index contributed by atoms with van der Waals surface area (Å²) < 4.78 is 7.42. The van der Waals surface area contributed by atoms with Crippen molar-refractivity contribution in [2.24, 2.45) is 0 Å². The van der Waals surface area contributed by atoms with E-state index in [1.54, 1.807) is 4.90 Å². The van der Waals surface area contributed by atoms with Crippen molar-refractivity contribution in [2.75, 3.05) is 18.8 Å². The lowest BCUT2D eigenvalue weighted by Gasteiger charge is -2.34. The third-order valence-electron chi connectivity index (χ3n) is 5.32. The zero-order valence-corrected chi connectivity index (χ0v) is 18.1. The predicted molar refractivity (Wildman–Crippen MR) is 117 cm³/mol. The third-order valence-corrected chi connectivity index (χ3v) is 5.32. The van der Waals surface area contributed by atoms with Crippen molar-refractivity contribution in [3.05, 3.63) is 36.2 Å². The van der Waals surface area contributed by atoms with Gasteiger partial charge in [0.2, 0.25) is 0 Å². The largest absolute Gasteiger partial charge is 0.444 e. The average molecular weight is 425 g/mol. The molecule has 31 heavy (non-hydrogen) atoms. The van der Waals surface area contributed by atoms with Gasteiger partial charge in [-0.3, -0.25) is 0 Å². The number of likely N-dealkylation sites (tertiary alicyclic amines) is 1. The fourth-order valence-electron chi connectivity index (χ4n) is 3.87. The molecule has 1 aliphatic heterocycles. The van der Waals surface area contributed by atoms with E-state index in [-0.39, 0.29) is 18.7 Å². The summed E-state index contributed by atoms with van der Waals surface area (Å²) >= 11 is 0. The number of benzene rings is 1. The fourth-order valence-corrected chi connectivity index (χ4v) is 3.87. The van der Waals surface area contributed by atoms with Gasteiger partial charge in [0.15, 0.2) is 5.65 Å². The van der Waals surface area contributed by atoms with Crippen molar-refractivity contribution in [3.8, 4) is 11.3 Å². The number of hydrogen-bond donors (Lipinski definition) is 2. The lowest BCUT2D eigenvalue weighted by atomic mass is 10.1. The Kier molecular flexibility index (Phi) is 5.53. The van der Waals surface area contributed by atoms with E-state index in [0.717, 1.165) is 24.0 Å². The first kappa shape index (κ1) is 21.0. The highest BCUT2D eigenvalue weighted by Gasteiger charge is 2.31. The molecular weight excluding hydrogens is 396 g/mol. The van der Waals surface area contributed by atoms with Crippen LogP contribution in [-0.2, 0) is 11.3 Å². The molecular formula is C22H28N6O3. The van der Waals surface area contributed by atoms with Gasteiger partial charge >= 0.3 is 6.09 Å². The molecule has 3 heterocycles. The molecule has 1 aliphatic rings. The number of hydrogen-bond acceptors (Lipinski definition) is 7. The second-order valence-electron chi connectivity index (χ2n) is 8.83. The summed E-state index contributed by atoms with van der Waals surface area (Å²) in [7, 11) is 0. The smallest absolute Gasteiger partial charge is 0.410 e. The summed E-state index contributed by atoms with van der Waals surface area (Å²) in [5, 5.41) is 14.9. The molecule has 0 bridgehead atoms. The number of nitrogens with two attached hydrogens (primary N) is 1. The van der Waals surface area contributed by atoms with E-state index in [4.69, 9.17) is 15.6 Å². The monoisotopic (exact) mass is 424 g/mol. The minimum Gasteiger partial charge on any atom is -0.444 e. The lowest BCUT2D eigenvalue weighted by molar-refractivity contribution is 0.0169. The molecule has 164 valence electrons. The fraction of sp³-hybridized carbons (Fsp3) is 0.455. The normalized spacial score (nSPS) is 17.2. The van der Waals surface area contributed by atoms with E-state index in [1.807, 2.05) is 49.7 Å². The molecule has 0 radical (unpaired) electrons. The molecule has 9 nitrogen and oxygen atoms in total. The van der Waals surface area contributed by atoms with Crippen LogP contribution in [0.5, 0.6) is 0 Å². The summed E-state index contributed by atoms with van der Waals surface area (Å²) in [6.07, 6.45) is 2.82. The number of aromatic nitrogens is 4. The Morgan fingerprint density at radius 2 is 2.00 bits per heavy atom. The number of carbonyl (C=O) groups excluding carboxylic acids is 1. The Bertz CT molecular complexity index is 1090.